The second kappa shape index (κ2) is 17.2. The molecule has 2 heterocycles. The number of hydrogen-bond donors (Lipinski definition) is 0. The van der Waals surface area contributed by atoms with Gasteiger partial charge in [-0.15, -0.1) is 0 Å². The molecule has 0 fully saturated rings. The molecule has 0 bridgehead atoms. The second-order valence-electron chi connectivity index (χ2n) is 11.4. The summed E-state index contributed by atoms with van der Waals surface area (Å²) in [6, 6.07) is 38.5. The van der Waals surface area contributed by atoms with Gasteiger partial charge in [-0.1, -0.05) is 0 Å². The Morgan fingerprint density at radius 1 is 0.413 bits per heavy atom. The molecule has 0 atom stereocenters. The van der Waals surface area contributed by atoms with Gasteiger partial charge >= 0.3 is 286 Å². The minimum atomic E-state index is 0.236. The summed E-state index contributed by atoms with van der Waals surface area (Å²) in [5, 5.41) is 17.9. The average molecular weight is 739 g/mol. The van der Waals surface area contributed by atoms with Crippen LogP contribution in [0, 0.1) is 0 Å². The maximum absolute atomic E-state index is 4.48. The van der Waals surface area contributed by atoms with Gasteiger partial charge in [0.25, 0.3) is 0 Å². The summed E-state index contributed by atoms with van der Waals surface area (Å²) in [7, 11) is 0. The van der Waals surface area contributed by atoms with Crippen molar-refractivity contribution in [2.75, 3.05) is 0 Å². The van der Waals surface area contributed by atoms with Crippen LogP contribution in [0.15, 0.2) is 122 Å². The molecule has 6 nitrogen and oxygen atoms in total. The molecule has 0 aliphatic heterocycles. The standard InChI is InChI=1S/C38H40N6Se2/c1(3-5-9-19-31-29-43(41-39-31)35-25-15-17-27-37(35)45-33-21-11-7-12-22-33)2-4-6-10-20-32-30-44(42-40-32)36-26-16-18-28-38(36)46-34-23-13-8-14-24-34/h7-8,11-18,21-30H,1-6,9-10,19-20H2. The minimum absolute atomic E-state index is 0.236. The maximum atomic E-state index is 4.48. The molecule has 0 unspecified atom stereocenters. The summed E-state index contributed by atoms with van der Waals surface area (Å²) in [6.07, 6.45) is 16.2. The molecule has 6 rings (SSSR count). The van der Waals surface area contributed by atoms with E-state index in [4.69, 9.17) is 0 Å². The van der Waals surface area contributed by atoms with E-state index in [1.54, 1.807) is 0 Å². The van der Waals surface area contributed by atoms with Crippen molar-refractivity contribution in [3.63, 3.8) is 0 Å². The van der Waals surface area contributed by atoms with Crippen LogP contribution in [-0.2, 0) is 12.8 Å². The van der Waals surface area contributed by atoms with Gasteiger partial charge in [-0.05, 0) is 0 Å². The van der Waals surface area contributed by atoms with Crippen LogP contribution in [0.1, 0.15) is 62.8 Å². The first-order valence-electron chi connectivity index (χ1n) is 16.3. The first-order chi connectivity index (χ1) is 22.8. The number of unbranched alkanes of at least 4 members (excludes halogenated alkanes) is 7. The van der Waals surface area contributed by atoms with Crippen molar-refractivity contribution in [3.8, 4) is 11.4 Å². The third kappa shape index (κ3) is 9.37. The Hall–Kier alpha value is -3.80. The average Bonchev–Trinajstić information content (AvgIpc) is 3.77. The van der Waals surface area contributed by atoms with Crippen LogP contribution in [0.4, 0.5) is 0 Å². The number of aryl methyl sites for hydroxylation is 2. The fourth-order valence-electron chi connectivity index (χ4n) is 5.43. The quantitative estimate of drug-likeness (QED) is 0.0971. The van der Waals surface area contributed by atoms with E-state index in [0.29, 0.717) is 0 Å². The van der Waals surface area contributed by atoms with Gasteiger partial charge in [0.15, 0.2) is 0 Å². The Balaban J connectivity index is 0.856. The Labute approximate surface area is 285 Å². The van der Waals surface area contributed by atoms with Crippen molar-refractivity contribution in [1.82, 2.24) is 30.0 Å². The Morgan fingerprint density at radius 2 is 0.783 bits per heavy atom. The summed E-state index contributed by atoms with van der Waals surface area (Å²) < 4.78 is 9.30. The van der Waals surface area contributed by atoms with Crippen LogP contribution < -0.4 is 17.8 Å². The SMILES string of the molecule is c1ccc([Se]c2ccccc2-n2cc(CCCCCCCCCCc3cn(-c4ccccc4[Se]c4ccccc4)nn3)nn2)cc1. The van der Waals surface area contributed by atoms with Crippen molar-refractivity contribution in [1.29, 1.82) is 0 Å². The van der Waals surface area contributed by atoms with E-state index in [1.165, 1.54) is 69.2 Å². The van der Waals surface area contributed by atoms with E-state index in [9.17, 15) is 0 Å². The van der Waals surface area contributed by atoms with Gasteiger partial charge in [-0.25, -0.2) is 0 Å². The zero-order valence-corrected chi connectivity index (χ0v) is 29.5. The van der Waals surface area contributed by atoms with Crippen LogP contribution in [0.3, 0.4) is 0 Å². The molecule has 0 aliphatic rings. The molecule has 0 aliphatic carbocycles. The molecule has 46 heavy (non-hydrogen) atoms. The molecule has 0 spiro atoms. The van der Waals surface area contributed by atoms with Crippen molar-refractivity contribution in [2.24, 2.45) is 0 Å². The van der Waals surface area contributed by atoms with Crippen LogP contribution >= 0.6 is 0 Å². The fourth-order valence-corrected chi connectivity index (χ4v) is 9.46. The topological polar surface area (TPSA) is 61.4 Å². The van der Waals surface area contributed by atoms with Crippen molar-refractivity contribution >= 4 is 47.8 Å². The molecule has 6 aromatic rings. The fraction of sp³-hybridized carbons (Fsp3) is 0.263. The van der Waals surface area contributed by atoms with Gasteiger partial charge in [-0.2, -0.15) is 0 Å². The van der Waals surface area contributed by atoms with Crippen molar-refractivity contribution in [2.45, 2.75) is 64.2 Å². The zero-order valence-electron chi connectivity index (χ0n) is 26.1. The van der Waals surface area contributed by atoms with Crippen LogP contribution in [0.5, 0.6) is 0 Å². The third-order valence-corrected chi connectivity index (χ3v) is 12.4. The third-order valence-electron chi connectivity index (χ3n) is 7.86. The Bertz CT molecular complexity index is 1640. The molecule has 0 N–H and O–H groups in total. The summed E-state index contributed by atoms with van der Waals surface area (Å²) >= 11 is 0.473. The van der Waals surface area contributed by atoms with Crippen molar-refractivity contribution < 1.29 is 0 Å². The molecule has 234 valence electrons. The molecular formula is C38H40N6Se2. The molecule has 4 aromatic carbocycles. The van der Waals surface area contributed by atoms with E-state index < -0.39 is 0 Å². The molecular weight excluding hydrogens is 698 g/mol. The van der Waals surface area contributed by atoms with Gasteiger partial charge in [-0.3, -0.25) is 0 Å². The Kier molecular flexibility index (Phi) is 12.0. The normalized spacial score (nSPS) is 11.2. The molecule has 0 saturated heterocycles. The van der Waals surface area contributed by atoms with Crippen LogP contribution in [0.2, 0.25) is 0 Å². The number of nitrogens with zero attached hydrogens (tertiary/aromatic N) is 6. The van der Waals surface area contributed by atoms with E-state index >= 15 is 0 Å². The monoisotopic (exact) mass is 740 g/mol. The van der Waals surface area contributed by atoms with E-state index in [0.717, 1.165) is 35.6 Å². The summed E-state index contributed by atoms with van der Waals surface area (Å²) in [4.78, 5) is 0. The second-order valence-corrected chi connectivity index (χ2v) is 16.1. The summed E-state index contributed by atoms with van der Waals surface area (Å²) in [6.45, 7) is 0. The summed E-state index contributed by atoms with van der Waals surface area (Å²) in [5.74, 6) is 0. The van der Waals surface area contributed by atoms with Gasteiger partial charge in [0, 0.05) is 0 Å². The van der Waals surface area contributed by atoms with E-state index in [1.807, 2.05) is 9.36 Å². The van der Waals surface area contributed by atoms with E-state index in [-0.39, 0.29) is 29.9 Å². The van der Waals surface area contributed by atoms with Crippen molar-refractivity contribution in [3.05, 3.63) is 133 Å². The van der Waals surface area contributed by atoms with Gasteiger partial charge in [0.2, 0.25) is 0 Å². The number of rotatable bonds is 17. The van der Waals surface area contributed by atoms with Gasteiger partial charge in [0.05, 0.1) is 0 Å². The Morgan fingerprint density at radius 3 is 1.22 bits per heavy atom. The number of benzene rings is 4. The number of para-hydroxylation sites is 2. The molecule has 0 amide bonds. The van der Waals surface area contributed by atoms with E-state index in [2.05, 4.69) is 142 Å². The van der Waals surface area contributed by atoms with Gasteiger partial charge < -0.3 is 0 Å². The predicted molar refractivity (Wildman–Crippen MR) is 190 cm³/mol. The zero-order chi connectivity index (χ0) is 31.2. The van der Waals surface area contributed by atoms with Gasteiger partial charge in [0.1, 0.15) is 0 Å². The molecule has 0 radical (unpaired) electrons. The first-order valence-corrected chi connectivity index (χ1v) is 19.7. The summed E-state index contributed by atoms with van der Waals surface area (Å²) in [5.41, 5.74) is 4.44. The molecule has 0 saturated carbocycles. The van der Waals surface area contributed by atoms with Crippen LogP contribution in [0.25, 0.3) is 11.4 Å². The molecule has 8 heteroatoms. The van der Waals surface area contributed by atoms with Crippen LogP contribution in [-0.4, -0.2) is 59.9 Å². The number of hydrogen-bond acceptors (Lipinski definition) is 4. The molecule has 2 aromatic heterocycles. The first kappa shape index (κ1) is 32.2. The number of aromatic nitrogens is 6. The predicted octanol–water partition coefficient (Wildman–Crippen LogP) is 5.06.